The molecule has 0 N–H and O–H groups in total. The lowest BCUT2D eigenvalue weighted by molar-refractivity contribution is -0.121. The lowest BCUT2D eigenvalue weighted by Crippen LogP contribution is -2.46. The molecule has 0 aromatic carbocycles. The van der Waals surface area contributed by atoms with Gasteiger partial charge in [0.2, 0.25) is 0 Å². The number of hydrogen-bond donors (Lipinski definition) is 0. The molecule has 2 atom stereocenters. The van der Waals surface area contributed by atoms with E-state index in [1.54, 1.807) is 18.3 Å². The lowest BCUT2D eigenvalue weighted by Gasteiger charge is -2.36. The van der Waals surface area contributed by atoms with Crippen LogP contribution in [0.2, 0.25) is 0 Å². The summed E-state index contributed by atoms with van der Waals surface area (Å²) in [5, 5.41) is 0. The molecule has 0 aliphatic carbocycles. The third-order valence-corrected chi connectivity index (χ3v) is 4.99. The van der Waals surface area contributed by atoms with Crippen LogP contribution in [0, 0.1) is 11.3 Å². The molecule has 1 aliphatic heterocycles. The van der Waals surface area contributed by atoms with Gasteiger partial charge in [0.1, 0.15) is 0 Å². The first-order valence-corrected chi connectivity index (χ1v) is 9.82. The van der Waals surface area contributed by atoms with Gasteiger partial charge in [-0.05, 0) is 30.6 Å². The van der Waals surface area contributed by atoms with Crippen molar-refractivity contribution in [3.8, 4) is 0 Å². The predicted molar refractivity (Wildman–Crippen MR) is 109 cm³/mol. The Morgan fingerprint density at radius 3 is 2.93 bits per heavy atom. The molecule has 1 aromatic heterocycles. The fraction of sp³-hybridized carbons (Fsp3) is 0.591. The van der Waals surface area contributed by atoms with E-state index < -0.39 is 0 Å². The molecular weight excluding hydrogens is 338 g/mol. The van der Waals surface area contributed by atoms with Gasteiger partial charge in [-0.1, -0.05) is 46.8 Å². The van der Waals surface area contributed by atoms with Crippen LogP contribution in [0.1, 0.15) is 45.6 Å². The second kappa shape index (κ2) is 9.90. The molecule has 1 fully saturated rings. The quantitative estimate of drug-likeness (QED) is 0.654. The highest BCUT2D eigenvalue weighted by atomic mass is 16.5. The highest BCUT2D eigenvalue weighted by Gasteiger charge is 2.27. The van der Waals surface area contributed by atoms with Crippen LogP contribution >= 0.6 is 0 Å². The van der Waals surface area contributed by atoms with Crippen molar-refractivity contribution >= 4 is 11.9 Å². The van der Waals surface area contributed by atoms with Crippen molar-refractivity contribution in [2.45, 2.75) is 46.6 Å². The second-order valence-electron chi connectivity index (χ2n) is 8.17. The van der Waals surface area contributed by atoms with E-state index in [0.717, 1.165) is 44.8 Å². The van der Waals surface area contributed by atoms with E-state index >= 15 is 0 Å². The van der Waals surface area contributed by atoms with E-state index in [4.69, 9.17) is 4.74 Å². The van der Waals surface area contributed by atoms with Crippen molar-refractivity contribution < 1.29 is 9.53 Å². The zero-order chi connectivity index (χ0) is 19.9. The summed E-state index contributed by atoms with van der Waals surface area (Å²) in [6, 6.07) is 1.97. The normalized spacial score (nSPS) is 19.9. The minimum Gasteiger partial charge on any atom is -0.375 e. The Balaban J connectivity index is 1.93. The minimum absolute atomic E-state index is 0.167. The largest absolute Gasteiger partial charge is 0.375 e. The highest BCUT2D eigenvalue weighted by Crippen LogP contribution is 2.21. The first kappa shape index (κ1) is 21.5. The van der Waals surface area contributed by atoms with E-state index in [0.29, 0.717) is 11.7 Å². The summed E-state index contributed by atoms with van der Waals surface area (Å²) in [7, 11) is 0. The van der Waals surface area contributed by atoms with E-state index in [1.807, 2.05) is 32.9 Å². The summed E-state index contributed by atoms with van der Waals surface area (Å²) in [5.74, 6) is 1.24. The number of rotatable bonds is 8. The molecule has 2 unspecified atom stereocenters. The van der Waals surface area contributed by atoms with E-state index in [2.05, 4.69) is 28.4 Å². The van der Waals surface area contributed by atoms with Gasteiger partial charge in [-0.25, -0.2) is 9.97 Å². The van der Waals surface area contributed by atoms with Crippen LogP contribution in [0.4, 0.5) is 0 Å². The Hall–Kier alpha value is -1.85. The van der Waals surface area contributed by atoms with Gasteiger partial charge in [0, 0.05) is 36.9 Å². The summed E-state index contributed by atoms with van der Waals surface area (Å²) in [5.41, 5.74) is 0.710. The van der Waals surface area contributed by atoms with Gasteiger partial charge in [-0.3, -0.25) is 9.69 Å². The third kappa shape index (κ3) is 6.67. The first-order valence-electron chi connectivity index (χ1n) is 9.82. The molecule has 0 saturated carbocycles. The molecule has 2 rings (SSSR count). The molecule has 1 saturated heterocycles. The Morgan fingerprint density at radius 1 is 1.48 bits per heavy atom. The molecule has 1 aliphatic rings. The monoisotopic (exact) mass is 371 g/mol. The van der Waals surface area contributed by atoms with Crippen LogP contribution in [0.5, 0.6) is 0 Å². The molecule has 5 heteroatoms. The Kier molecular flexibility index (Phi) is 7.87. The number of hydrogen-bond acceptors (Lipinski definition) is 5. The highest BCUT2D eigenvalue weighted by molar-refractivity contribution is 5.93. The smallest absolute Gasteiger partial charge is 0.160 e. The van der Waals surface area contributed by atoms with Crippen LogP contribution in [0.25, 0.3) is 6.08 Å². The van der Waals surface area contributed by atoms with Crippen molar-refractivity contribution in [1.29, 1.82) is 0 Å². The van der Waals surface area contributed by atoms with Crippen LogP contribution in [0.3, 0.4) is 0 Å². The maximum Gasteiger partial charge on any atom is 0.160 e. The van der Waals surface area contributed by atoms with Crippen molar-refractivity contribution in [2.75, 3.05) is 26.2 Å². The van der Waals surface area contributed by atoms with E-state index in [-0.39, 0.29) is 17.3 Å². The maximum atomic E-state index is 12.0. The van der Waals surface area contributed by atoms with Crippen LogP contribution < -0.4 is 0 Å². The van der Waals surface area contributed by atoms with Crippen molar-refractivity contribution in [3.63, 3.8) is 0 Å². The van der Waals surface area contributed by atoms with E-state index in [9.17, 15) is 4.79 Å². The summed E-state index contributed by atoms with van der Waals surface area (Å²) in [4.78, 5) is 23.1. The summed E-state index contributed by atoms with van der Waals surface area (Å²) >= 11 is 0. The summed E-state index contributed by atoms with van der Waals surface area (Å²) in [6.45, 7) is 15.1. The van der Waals surface area contributed by atoms with Gasteiger partial charge in [-0.2, -0.15) is 0 Å². The molecular formula is C22H33N3O2. The average Bonchev–Trinajstić information content (AvgIpc) is 2.65. The third-order valence-electron chi connectivity index (χ3n) is 4.99. The van der Waals surface area contributed by atoms with Crippen LogP contribution in [-0.2, 0) is 16.0 Å². The maximum absolute atomic E-state index is 12.0. The minimum atomic E-state index is -0.320. The number of nitrogens with zero attached hydrogens (tertiary/aromatic N) is 3. The molecule has 5 nitrogen and oxygen atoms in total. The molecule has 2 heterocycles. The Morgan fingerprint density at radius 2 is 2.26 bits per heavy atom. The number of allylic oxidation sites excluding steroid dienone is 1. The number of carbonyl (C=O) groups excluding carboxylic acids is 1. The van der Waals surface area contributed by atoms with Crippen molar-refractivity contribution in [3.05, 3.63) is 42.5 Å². The van der Waals surface area contributed by atoms with Gasteiger partial charge in [-0.15, -0.1) is 0 Å². The van der Waals surface area contributed by atoms with Gasteiger partial charge < -0.3 is 4.74 Å². The standard InChI is InChI=1S/C22H33N3O2/c1-6-17(15-18-10-11-23-21(7-2)24-18)19-16-25(13-14-27-19)12-8-9-20(26)22(3,4)5/h7-11,17,19H,2,6,12-16H2,1,3-5H3/b9-8+. The molecule has 1 aromatic rings. The van der Waals surface area contributed by atoms with Crippen molar-refractivity contribution in [2.24, 2.45) is 11.3 Å². The fourth-order valence-electron chi connectivity index (χ4n) is 3.17. The van der Waals surface area contributed by atoms with Crippen molar-refractivity contribution in [1.82, 2.24) is 14.9 Å². The zero-order valence-corrected chi connectivity index (χ0v) is 17.1. The number of ketones is 1. The topological polar surface area (TPSA) is 55.3 Å². The number of carbonyl (C=O) groups is 1. The number of aromatic nitrogens is 2. The second-order valence-corrected chi connectivity index (χ2v) is 8.17. The number of morpholine rings is 1. The summed E-state index contributed by atoms with van der Waals surface area (Å²) < 4.78 is 6.08. The molecule has 0 radical (unpaired) electrons. The van der Waals surface area contributed by atoms with Crippen LogP contribution in [0.15, 0.2) is 31.0 Å². The lowest BCUT2D eigenvalue weighted by atomic mass is 9.90. The van der Waals surface area contributed by atoms with Gasteiger partial charge >= 0.3 is 0 Å². The fourth-order valence-corrected chi connectivity index (χ4v) is 3.17. The Bertz CT molecular complexity index is 664. The van der Waals surface area contributed by atoms with Gasteiger partial charge in [0.05, 0.1) is 12.7 Å². The molecule has 148 valence electrons. The molecule has 0 bridgehead atoms. The SMILES string of the molecule is C=Cc1nccc(CC(CC)C2CN(C/C=C/C(=O)C(C)(C)C)CCO2)n1. The van der Waals surface area contributed by atoms with Crippen LogP contribution in [-0.4, -0.2) is 53.0 Å². The first-order chi connectivity index (χ1) is 12.8. The molecule has 0 amide bonds. The van der Waals surface area contributed by atoms with E-state index in [1.165, 1.54) is 0 Å². The number of ether oxygens (including phenoxy) is 1. The zero-order valence-electron chi connectivity index (χ0n) is 17.1. The molecule has 0 spiro atoms. The molecule has 27 heavy (non-hydrogen) atoms. The Labute approximate surface area is 163 Å². The predicted octanol–water partition coefficient (Wildman–Crippen LogP) is 3.56. The van der Waals surface area contributed by atoms with Gasteiger partial charge in [0.25, 0.3) is 0 Å². The van der Waals surface area contributed by atoms with Gasteiger partial charge in [0.15, 0.2) is 11.6 Å². The average molecular weight is 372 g/mol. The summed E-state index contributed by atoms with van der Waals surface area (Å²) in [6.07, 6.45) is 9.25.